The summed E-state index contributed by atoms with van der Waals surface area (Å²) < 4.78 is 0. The van der Waals surface area contributed by atoms with Crippen LogP contribution >= 0.6 is 0 Å². The van der Waals surface area contributed by atoms with Gasteiger partial charge in [-0.3, -0.25) is 10.1 Å². The van der Waals surface area contributed by atoms with Gasteiger partial charge in [0.15, 0.2) is 0 Å². The van der Waals surface area contributed by atoms with Crippen molar-refractivity contribution < 1.29 is 10.0 Å². The minimum atomic E-state index is -0.478. The molecule has 0 amide bonds. The second-order valence-corrected chi connectivity index (χ2v) is 3.95. The Morgan fingerprint density at radius 1 is 1.40 bits per heavy atom. The van der Waals surface area contributed by atoms with Gasteiger partial charge in [-0.05, 0) is 19.1 Å². The smallest absolute Gasteiger partial charge is 0.311 e. The van der Waals surface area contributed by atoms with E-state index in [9.17, 15) is 10.1 Å². The topological polar surface area (TPSA) is 88.3 Å². The van der Waals surface area contributed by atoms with Crippen LogP contribution in [-0.2, 0) is 0 Å². The van der Waals surface area contributed by atoms with Gasteiger partial charge in [0, 0.05) is 11.9 Å². The molecule has 0 saturated carbocycles. The number of benzene rings is 1. The van der Waals surface area contributed by atoms with E-state index in [0.717, 1.165) is 5.56 Å². The number of hydrogen-bond acceptors (Lipinski definition) is 5. The summed E-state index contributed by atoms with van der Waals surface area (Å²) in [5, 5.41) is 23.4. The molecule has 0 aliphatic rings. The van der Waals surface area contributed by atoms with E-state index < -0.39 is 4.92 Å². The van der Waals surface area contributed by atoms with E-state index in [-0.39, 0.29) is 18.8 Å². The van der Waals surface area contributed by atoms with E-state index >= 15 is 0 Å². The third kappa shape index (κ3) is 3.42. The second kappa shape index (κ2) is 7.40. The SMILES string of the molecule is CC.Cc1ccc2ncc([N+](=O)[O-])c(NCCO)c2c1. The number of aliphatic hydroxyl groups excluding tert-OH is 1. The third-order valence-corrected chi connectivity index (χ3v) is 2.61. The van der Waals surface area contributed by atoms with Gasteiger partial charge in [0.05, 0.1) is 17.0 Å². The molecular weight excluding hydrogens is 258 g/mol. The fourth-order valence-corrected chi connectivity index (χ4v) is 1.80. The average Bonchev–Trinajstić information content (AvgIpc) is 2.46. The summed E-state index contributed by atoms with van der Waals surface area (Å²) in [4.78, 5) is 14.6. The highest BCUT2D eigenvalue weighted by atomic mass is 16.6. The Kier molecular flexibility index (Phi) is 5.86. The molecule has 108 valence electrons. The van der Waals surface area contributed by atoms with Crippen molar-refractivity contribution in [3.63, 3.8) is 0 Å². The molecule has 0 unspecified atom stereocenters. The van der Waals surface area contributed by atoms with Gasteiger partial charge in [-0.1, -0.05) is 25.5 Å². The van der Waals surface area contributed by atoms with Crippen LogP contribution in [0.25, 0.3) is 10.9 Å². The Hall–Kier alpha value is -2.21. The number of pyridine rings is 1. The first-order valence-electron chi connectivity index (χ1n) is 6.52. The van der Waals surface area contributed by atoms with Crippen molar-refractivity contribution in [2.24, 2.45) is 0 Å². The zero-order valence-electron chi connectivity index (χ0n) is 11.9. The molecule has 1 heterocycles. The molecule has 2 aromatic rings. The maximum absolute atomic E-state index is 11.0. The normalized spacial score (nSPS) is 9.80. The Bertz CT molecular complexity index is 599. The monoisotopic (exact) mass is 277 g/mol. The van der Waals surface area contributed by atoms with Gasteiger partial charge >= 0.3 is 5.69 Å². The molecule has 0 aliphatic heterocycles. The number of aromatic nitrogens is 1. The fourth-order valence-electron chi connectivity index (χ4n) is 1.80. The molecule has 1 aromatic heterocycles. The van der Waals surface area contributed by atoms with Gasteiger partial charge in [-0.15, -0.1) is 0 Å². The van der Waals surface area contributed by atoms with Crippen LogP contribution in [0.15, 0.2) is 24.4 Å². The lowest BCUT2D eigenvalue weighted by atomic mass is 10.1. The van der Waals surface area contributed by atoms with Gasteiger partial charge in [0.2, 0.25) is 0 Å². The van der Waals surface area contributed by atoms with Gasteiger partial charge in [0.25, 0.3) is 0 Å². The minimum Gasteiger partial charge on any atom is -0.395 e. The first kappa shape index (κ1) is 15.8. The average molecular weight is 277 g/mol. The fraction of sp³-hybridized carbons (Fsp3) is 0.357. The number of anilines is 1. The lowest BCUT2D eigenvalue weighted by Gasteiger charge is -2.09. The Morgan fingerprint density at radius 3 is 2.70 bits per heavy atom. The number of hydrogen-bond donors (Lipinski definition) is 2. The number of aryl methyl sites for hydroxylation is 1. The van der Waals surface area contributed by atoms with Crippen LogP contribution in [0.5, 0.6) is 0 Å². The third-order valence-electron chi connectivity index (χ3n) is 2.61. The summed E-state index contributed by atoms with van der Waals surface area (Å²) in [6.45, 7) is 6.08. The van der Waals surface area contributed by atoms with Crippen molar-refractivity contribution in [1.82, 2.24) is 4.98 Å². The Labute approximate surface area is 117 Å². The number of rotatable bonds is 4. The minimum absolute atomic E-state index is 0.0819. The van der Waals surface area contributed by atoms with Crippen LogP contribution in [0.1, 0.15) is 19.4 Å². The predicted molar refractivity (Wildman–Crippen MR) is 80.1 cm³/mol. The van der Waals surface area contributed by atoms with Crippen molar-refractivity contribution in [2.75, 3.05) is 18.5 Å². The predicted octanol–water partition coefficient (Wildman–Crippen LogP) is 2.88. The van der Waals surface area contributed by atoms with Crippen molar-refractivity contribution in [3.8, 4) is 0 Å². The quantitative estimate of drug-likeness (QED) is 0.662. The van der Waals surface area contributed by atoms with Crippen molar-refractivity contribution in [2.45, 2.75) is 20.8 Å². The highest BCUT2D eigenvalue weighted by molar-refractivity contribution is 5.96. The van der Waals surface area contributed by atoms with E-state index in [2.05, 4.69) is 10.3 Å². The van der Waals surface area contributed by atoms with Crippen LogP contribution in [0.3, 0.4) is 0 Å². The summed E-state index contributed by atoms with van der Waals surface area (Å²) in [5.74, 6) is 0. The first-order chi connectivity index (χ1) is 9.63. The number of fused-ring (bicyclic) bond motifs is 1. The highest BCUT2D eigenvalue weighted by Crippen LogP contribution is 2.31. The van der Waals surface area contributed by atoms with E-state index in [0.29, 0.717) is 16.6 Å². The molecule has 0 fully saturated rings. The number of nitrogens with zero attached hydrogens (tertiary/aromatic N) is 2. The van der Waals surface area contributed by atoms with Crippen LogP contribution in [-0.4, -0.2) is 28.2 Å². The highest BCUT2D eigenvalue weighted by Gasteiger charge is 2.17. The molecule has 2 N–H and O–H groups in total. The van der Waals surface area contributed by atoms with Crippen LogP contribution in [0.4, 0.5) is 11.4 Å². The molecule has 6 nitrogen and oxygen atoms in total. The summed E-state index contributed by atoms with van der Waals surface area (Å²) >= 11 is 0. The lowest BCUT2D eigenvalue weighted by Crippen LogP contribution is -2.08. The maximum atomic E-state index is 11.0. The molecule has 0 bridgehead atoms. The second-order valence-electron chi connectivity index (χ2n) is 3.95. The van der Waals surface area contributed by atoms with E-state index in [1.54, 1.807) is 0 Å². The van der Waals surface area contributed by atoms with Crippen molar-refractivity contribution in [1.29, 1.82) is 0 Å². The largest absolute Gasteiger partial charge is 0.395 e. The molecular formula is C14H19N3O3. The van der Waals surface area contributed by atoms with Gasteiger partial charge in [-0.25, -0.2) is 4.98 Å². The molecule has 1 aromatic carbocycles. The van der Waals surface area contributed by atoms with Crippen LogP contribution < -0.4 is 5.32 Å². The first-order valence-corrected chi connectivity index (χ1v) is 6.52. The zero-order chi connectivity index (χ0) is 15.1. The lowest BCUT2D eigenvalue weighted by molar-refractivity contribution is -0.384. The van der Waals surface area contributed by atoms with E-state index in [1.807, 2.05) is 39.0 Å². The summed E-state index contributed by atoms with van der Waals surface area (Å²) in [7, 11) is 0. The molecule has 0 atom stereocenters. The molecule has 0 aliphatic carbocycles. The van der Waals surface area contributed by atoms with Crippen LogP contribution in [0.2, 0.25) is 0 Å². The number of nitro groups is 1. The maximum Gasteiger partial charge on any atom is 0.311 e. The molecule has 2 rings (SSSR count). The molecule has 6 heteroatoms. The number of nitrogens with one attached hydrogen (secondary N) is 1. The molecule has 0 radical (unpaired) electrons. The van der Waals surface area contributed by atoms with E-state index in [4.69, 9.17) is 5.11 Å². The zero-order valence-corrected chi connectivity index (χ0v) is 11.9. The van der Waals surface area contributed by atoms with Gasteiger partial charge in [0.1, 0.15) is 11.9 Å². The van der Waals surface area contributed by atoms with Gasteiger partial charge < -0.3 is 10.4 Å². The molecule has 0 saturated heterocycles. The number of aliphatic hydroxyl groups is 1. The summed E-state index contributed by atoms with van der Waals surface area (Å²) in [6.07, 6.45) is 1.23. The van der Waals surface area contributed by atoms with Crippen molar-refractivity contribution >= 4 is 22.3 Å². The molecule has 20 heavy (non-hydrogen) atoms. The summed E-state index contributed by atoms with van der Waals surface area (Å²) in [6, 6.07) is 5.56. The summed E-state index contributed by atoms with van der Waals surface area (Å²) in [5.41, 5.74) is 2.01. The Morgan fingerprint density at radius 2 is 2.10 bits per heavy atom. The van der Waals surface area contributed by atoms with Crippen molar-refractivity contribution in [3.05, 3.63) is 40.1 Å². The van der Waals surface area contributed by atoms with Crippen LogP contribution in [0, 0.1) is 17.0 Å². The molecule has 0 spiro atoms. The van der Waals surface area contributed by atoms with E-state index in [1.165, 1.54) is 6.20 Å². The standard InChI is InChI=1S/C12H13N3O3.C2H6/c1-8-2-3-10-9(6-8)12(13-4-5-16)11(7-14-10)15(17)18;1-2/h2-3,6-7,16H,4-5H2,1H3,(H,13,14);1-2H3. The van der Waals surface area contributed by atoms with Gasteiger partial charge in [-0.2, -0.15) is 0 Å². The Balaban J connectivity index is 0.000000956.